The van der Waals surface area contributed by atoms with E-state index in [-0.39, 0.29) is 37.0 Å². The van der Waals surface area contributed by atoms with Crippen molar-refractivity contribution in [3.63, 3.8) is 0 Å². The van der Waals surface area contributed by atoms with E-state index < -0.39 is 10.2 Å². The normalized spacial score (nSPS) is 21.1. The summed E-state index contributed by atoms with van der Waals surface area (Å²) in [4.78, 5) is 14.0. The van der Waals surface area contributed by atoms with Gasteiger partial charge in [0.2, 0.25) is 0 Å². The summed E-state index contributed by atoms with van der Waals surface area (Å²) in [6.45, 7) is 24.7. The van der Waals surface area contributed by atoms with E-state index in [9.17, 15) is 13.2 Å². The van der Waals surface area contributed by atoms with Gasteiger partial charge >= 0.3 is 15.9 Å². The van der Waals surface area contributed by atoms with Gasteiger partial charge in [-0.05, 0) is 70.6 Å². The number of aromatic amines is 1. The molecule has 218 valence electrons. The van der Waals surface area contributed by atoms with E-state index in [1.807, 2.05) is 41.5 Å². The fourth-order valence-electron chi connectivity index (χ4n) is 4.22. The molecular formula is C27H56N6O3S. The molecule has 1 aliphatic heterocycles. The largest absolute Gasteiger partial charge is 0.343 e. The lowest BCUT2D eigenvalue weighted by atomic mass is 9.89. The number of amidine groups is 1. The Kier molecular flexibility index (Phi) is 14.4. The van der Waals surface area contributed by atoms with E-state index in [1.165, 1.54) is 28.4 Å². The van der Waals surface area contributed by atoms with Crippen LogP contribution >= 0.6 is 0 Å². The van der Waals surface area contributed by atoms with Crippen molar-refractivity contribution in [3.05, 3.63) is 16.3 Å². The maximum atomic E-state index is 11.4. The molecule has 0 spiro atoms. The van der Waals surface area contributed by atoms with Gasteiger partial charge in [-0.3, -0.25) is 10.4 Å². The van der Waals surface area contributed by atoms with Crippen LogP contribution in [0, 0.1) is 29.6 Å². The molecule has 1 aliphatic carbocycles. The van der Waals surface area contributed by atoms with Crippen molar-refractivity contribution >= 4 is 16.0 Å². The van der Waals surface area contributed by atoms with Gasteiger partial charge in [0.1, 0.15) is 11.7 Å². The zero-order chi connectivity index (χ0) is 28.0. The first-order valence-corrected chi connectivity index (χ1v) is 15.0. The molecule has 0 aromatic carbocycles. The van der Waals surface area contributed by atoms with Gasteiger partial charge in [-0.1, -0.05) is 67.2 Å². The van der Waals surface area contributed by atoms with Crippen molar-refractivity contribution in [2.24, 2.45) is 34.0 Å². The molecule has 2 unspecified atom stereocenters. The summed E-state index contributed by atoms with van der Waals surface area (Å²) in [5, 5.41) is 4.16. The van der Waals surface area contributed by atoms with E-state index in [4.69, 9.17) is 0 Å². The third-order valence-electron chi connectivity index (χ3n) is 6.80. The third kappa shape index (κ3) is 10.5. The van der Waals surface area contributed by atoms with Gasteiger partial charge in [0.15, 0.2) is 0 Å². The Labute approximate surface area is 227 Å². The Bertz CT molecular complexity index is 976. The molecule has 2 N–H and O–H groups in total. The van der Waals surface area contributed by atoms with E-state index in [0.717, 1.165) is 29.5 Å². The van der Waals surface area contributed by atoms with E-state index in [1.54, 1.807) is 13.8 Å². The van der Waals surface area contributed by atoms with Gasteiger partial charge in [0.05, 0.1) is 6.04 Å². The van der Waals surface area contributed by atoms with Gasteiger partial charge in [0, 0.05) is 17.9 Å². The quantitative estimate of drug-likeness (QED) is 0.447. The molecule has 10 heteroatoms. The van der Waals surface area contributed by atoms with Crippen LogP contribution in [0.3, 0.4) is 0 Å². The number of hydrogen-bond donors (Lipinski definition) is 2. The van der Waals surface area contributed by atoms with Crippen molar-refractivity contribution in [2.75, 3.05) is 0 Å². The van der Waals surface area contributed by atoms with Crippen molar-refractivity contribution < 1.29 is 8.42 Å². The van der Waals surface area contributed by atoms with Crippen LogP contribution in [-0.4, -0.2) is 39.5 Å². The van der Waals surface area contributed by atoms with Gasteiger partial charge in [0.25, 0.3) is 0 Å². The van der Waals surface area contributed by atoms with Crippen molar-refractivity contribution in [1.29, 1.82) is 0 Å². The zero-order valence-electron chi connectivity index (χ0n) is 24.7. The monoisotopic (exact) mass is 544 g/mol. The van der Waals surface area contributed by atoms with E-state index >= 15 is 0 Å². The lowest BCUT2D eigenvalue weighted by molar-refractivity contribution is 0.326. The highest BCUT2D eigenvalue weighted by Crippen LogP contribution is 2.39. The average Bonchev–Trinajstić information content (AvgIpc) is 3.45. The molecule has 1 saturated carbocycles. The van der Waals surface area contributed by atoms with Gasteiger partial charge in [-0.25, -0.2) is 9.48 Å². The van der Waals surface area contributed by atoms with Crippen LogP contribution in [0.2, 0.25) is 0 Å². The van der Waals surface area contributed by atoms with Gasteiger partial charge in [-0.2, -0.15) is 13.5 Å². The van der Waals surface area contributed by atoms with Gasteiger partial charge < -0.3 is 0 Å². The van der Waals surface area contributed by atoms with Crippen LogP contribution in [0.4, 0.5) is 0 Å². The number of nitrogens with zero attached hydrogens (tertiary/aromatic N) is 4. The fourth-order valence-corrected chi connectivity index (χ4v) is 5.55. The summed E-state index contributed by atoms with van der Waals surface area (Å²) < 4.78 is 29.1. The Morgan fingerprint density at radius 3 is 1.51 bits per heavy atom. The van der Waals surface area contributed by atoms with Crippen molar-refractivity contribution in [3.8, 4) is 0 Å². The minimum absolute atomic E-state index is 0. The molecule has 2 heterocycles. The smallest absolute Gasteiger partial charge is 0.293 e. The molecule has 2 aliphatic rings. The maximum Gasteiger partial charge on any atom is 0.343 e. The molecule has 1 aromatic rings. The van der Waals surface area contributed by atoms with E-state index in [2.05, 4.69) is 47.6 Å². The SMILES string of the molecule is C.CC(C)C1=NS(=O)(=O)N(C(C)C)N1.CC(C)C1CCC(C(C)C)C1.CC(C)c1nn(C(C)C)c(=O)[nH]1. The summed E-state index contributed by atoms with van der Waals surface area (Å²) in [7, 11) is -3.47. The average molecular weight is 545 g/mol. The maximum absolute atomic E-state index is 11.4. The Morgan fingerprint density at radius 2 is 1.30 bits per heavy atom. The highest BCUT2D eigenvalue weighted by molar-refractivity contribution is 7.88. The number of H-pyrrole nitrogens is 1. The summed E-state index contributed by atoms with van der Waals surface area (Å²) in [5.41, 5.74) is 2.66. The topological polar surface area (TPSA) is 112 Å². The standard InChI is InChI=1S/C11H22.C8H15N3O.C7H15N3O2S.CH4/c1-8(2)10-5-6-11(7-10)9(3)4;1-5(2)7-9-8(12)11(10-7)6(3)4;1-5(2)7-8-10(6(3)4)13(11,12)9-7;/h8-11H,5-7H2,1-4H3;5-6H,1-4H3,(H,9,10,12);5-6H,1-4H3,(H,8,9);1H4. The van der Waals surface area contributed by atoms with Crippen molar-refractivity contribution in [2.45, 2.75) is 128 Å². The second-order valence-corrected chi connectivity index (χ2v) is 13.4. The molecule has 3 rings (SSSR count). The van der Waals surface area contributed by atoms with Crippen LogP contribution < -0.4 is 11.1 Å². The minimum atomic E-state index is -3.47. The molecule has 0 radical (unpaired) electrons. The first kappa shape index (κ1) is 35.3. The number of rotatable bonds is 6. The van der Waals surface area contributed by atoms with Crippen LogP contribution in [0.15, 0.2) is 9.19 Å². The molecule has 1 fully saturated rings. The molecule has 1 aromatic heterocycles. The van der Waals surface area contributed by atoms with E-state index in [0.29, 0.717) is 5.84 Å². The Morgan fingerprint density at radius 1 is 0.811 bits per heavy atom. The molecule has 0 bridgehead atoms. The Balaban J connectivity index is 0.000000520. The highest BCUT2D eigenvalue weighted by atomic mass is 32.2. The second kappa shape index (κ2) is 15.0. The minimum Gasteiger partial charge on any atom is -0.293 e. The number of aromatic nitrogens is 3. The summed E-state index contributed by atoms with van der Waals surface area (Å²) >= 11 is 0. The molecule has 2 atom stereocenters. The predicted octanol–water partition coefficient (Wildman–Crippen LogP) is 6.14. The highest BCUT2D eigenvalue weighted by Gasteiger charge is 2.33. The lowest BCUT2D eigenvalue weighted by Crippen LogP contribution is -2.44. The van der Waals surface area contributed by atoms with Crippen LogP contribution in [0.1, 0.15) is 128 Å². The predicted molar refractivity (Wildman–Crippen MR) is 156 cm³/mol. The lowest BCUT2D eigenvalue weighted by Gasteiger charge is -2.18. The summed E-state index contributed by atoms with van der Waals surface area (Å²) in [6, 6.07) is 0.00579. The zero-order valence-corrected chi connectivity index (χ0v) is 25.5. The summed E-state index contributed by atoms with van der Waals surface area (Å²) in [6.07, 6.45) is 4.47. The molecule has 9 nitrogen and oxygen atoms in total. The van der Waals surface area contributed by atoms with Crippen molar-refractivity contribution in [1.82, 2.24) is 24.6 Å². The second-order valence-electron chi connectivity index (χ2n) is 11.9. The number of nitrogens with one attached hydrogen (secondary N) is 2. The molecule has 37 heavy (non-hydrogen) atoms. The Hall–Kier alpha value is -1.68. The molecule has 0 saturated heterocycles. The molecular weight excluding hydrogens is 488 g/mol. The van der Waals surface area contributed by atoms with Crippen LogP contribution in [0.5, 0.6) is 0 Å². The first-order valence-electron chi connectivity index (χ1n) is 13.6. The number of hydrogen-bond acceptors (Lipinski definition) is 5. The molecule has 0 amide bonds. The van der Waals surface area contributed by atoms with Crippen LogP contribution in [0.25, 0.3) is 0 Å². The van der Waals surface area contributed by atoms with Gasteiger partial charge in [-0.15, -0.1) is 4.40 Å². The van der Waals surface area contributed by atoms with Crippen LogP contribution in [-0.2, 0) is 10.2 Å². The third-order valence-corrected chi connectivity index (χ3v) is 8.23. The first-order chi connectivity index (χ1) is 16.5. The summed E-state index contributed by atoms with van der Waals surface area (Å²) in [5.74, 6) is 5.53. The fraction of sp³-hybridized carbons (Fsp3) is 0.889. The number of hydrazine groups is 1.